The number of amides is 2. The molecule has 6 heteroatoms. The van der Waals surface area contributed by atoms with Crippen LogP contribution in [0.2, 0.25) is 5.02 Å². The van der Waals surface area contributed by atoms with Crippen LogP contribution in [-0.2, 0) is 16.0 Å². The van der Waals surface area contributed by atoms with E-state index in [4.69, 9.17) is 11.6 Å². The summed E-state index contributed by atoms with van der Waals surface area (Å²) in [5, 5.41) is 2.85. The van der Waals surface area contributed by atoms with Gasteiger partial charge in [-0.25, -0.2) is 4.39 Å². The SMILES string of the molecule is CC(C)NC(=O)[C@]1(Cc2ccccc2)CCN(c2ccc(F)c(Cl)c2)C1=O. The van der Waals surface area contributed by atoms with Crippen LogP contribution in [-0.4, -0.2) is 24.4 Å². The zero-order chi connectivity index (χ0) is 19.6. The Bertz CT molecular complexity index is 857. The highest BCUT2D eigenvalue weighted by Gasteiger charge is 2.52. The van der Waals surface area contributed by atoms with E-state index >= 15 is 0 Å². The molecule has 1 aliphatic rings. The number of benzene rings is 2. The van der Waals surface area contributed by atoms with Crippen molar-refractivity contribution in [2.75, 3.05) is 11.4 Å². The molecule has 27 heavy (non-hydrogen) atoms. The molecule has 0 spiro atoms. The molecular formula is C21H22ClFN2O2. The number of carbonyl (C=O) groups excluding carboxylic acids is 2. The van der Waals surface area contributed by atoms with Crippen LogP contribution in [0, 0.1) is 11.2 Å². The monoisotopic (exact) mass is 388 g/mol. The van der Waals surface area contributed by atoms with Crippen molar-refractivity contribution >= 4 is 29.1 Å². The Morgan fingerprint density at radius 3 is 2.59 bits per heavy atom. The molecule has 1 heterocycles. The van der Waals surface area contributed by atoms with E-state index in [0.29, 0.717) is 25.1 Å². The number of nitrogens with zero attached hydrogens (tertiary/aromatic N) is 1. The van der Waals surface area contributed by atoms with Crippen molar-refractivity contribution in [3.63, 3.8) is 0 Å². The van der Waals surface area contributed by atoms with Crippen LogP contribution in [0.25, 0.3) is 0 Å². The average Bonchev–Trinajstić information content (AvgIpc) is 2.95. The van der Waals surface area contributed by atoms with Crippen LogP contribution in [0.15, 0.2) is 48.5 Å². The molecule has 3 rings (SSSR count). The van der Waals surface area contributed by atoms with E-state index in [9.17, 15) is 14.0 Å². The fourth-order valence-corrected chi connectivity index (χ4v) is 3.64. The molecule has 0 aliphatic carbocycles. The Morgan fingerprint density at radius 2 is 1.96 bits per heavy atom. The third-order valence-electron chi connectivity index (χ3n) is 4.83. The second kappa shape index (κ2) is 7.69. The molecule has 2 aromatic carbocycles. The van der Waals surface area contributed by atoms with Crippen molar-refractivity contribution < 1.29 is 14.0 Å². The van der Waals surface area contributed by atoms with Gasteiger partial charge in [-0.3, -0.25) is 9.59 Å². The van der Waals surface area contributed by atoms with Gasteiger partial charge in [-0.1, -0.05) is 41.9 Å². The van der Waals surface area contributed by atoms with Gasteiger partial charge in [0.05, 0.1) is 5.02 Å². The van der Waals surface area contributed by atoms with Gasteiger partial charge in [-0.15, -0.1) is 0 Å². The predicted molar refractivity (Wildman–Crippen MR) is 104 cm³/mol. The van der Waals surface area contributed by atoms with Crippen LogP contribution in [0.3, 0.4) is 0 Å². The van der Waals surface area contributed by atoms with Crippen molar-refractivity contribution in [2.45, 2.75) is 32.7 Å². The van der Waals surface area contributed by atoms with Crippen LogP contribution >= 0.6 is 11.6 Å². The highest BCUT2D eigenvalue weighted by Crippen LogP contribution is 2.39. The molecule has 2 aromatic rings. The second-order valence-electron chi connectivity index (χ2n) is 7.18. The van der Waals surface area contributed by atoms with Crippen molar-refractivity contribution in [3.05, 3.63) is 64.9 Å². The highest BCUT2D eigenvalue weighted by atomic mass is 35.5. The zero-order valence-electron chi connectivity index (χ0n) is 15.3. The van der Waals surface area contributed by atoms with Gasteiger partial charge < -0.3 is 10.2 Å². The van der Waals surface area contributed by atoms with Gasteiger partial charge >= 0.3 is 0 Å². The molecule has 2 amide bonds. The Kier molecular flexibility index (Phi) is 5.51. The summed E-state index contributed by atoms with van der Waals surface area (Å²) < 4.78 is 13.5. The normalized spacial score (nSPS) is 19.6. The molecule has 1 saturated heterocycles. The summed E-state index contributed by atoms with van der Waals surface area (Å²) in [7, 11) is 0. The van der Waals surface area contributed by atoms with E-state index in [1.807, 2.05) is 44.2 Å². The van der Waals surface area contributed by atoms with Crippen LogP contribution in [0.1, 0.15) is 25.8 Å². The molecule has 142 valence electrons. The first-order chi connectivity index (χ1) is 12.8. The minimum Gasteiger partial charge on any atom is -0.353 e. The van der Waals surface area contributed by atoms with E-state index in [-0.39, 0.29) is 22.9 Å². The molecule has 1 atom stereocenters. The van der Waals surface area contributed by atoms with Crippen molar-refractivity contribution in [1.29, 1.82) is 0 Å². The molecule has 0 radical (unpaired) electrons. The van der Waals surface area contributed by atoms with Crippen LogP contribution in [0.4, 0.5) is 10.1 Å². The van der Waals surface area contributed by atoms with E-state index < -0.39 is 11.2 Å². The highest BCUT2D eigenvalue weighted by molar-refractivity contribution is 6.31. The quantitative estimate of drug-likeness (QED) is 0.788. The minimum absolute atomic E-state index is 0.0486. The number of hydrogen-bond donors (Lipinski definition) is 1. The molecule has 0 aromatic heterocycles. The summed E-state index contributed by atoms with van der Waals surface area (Å²) in [6.45, 7) is 4.11. The van der Waals surface area contributed by atoms with Gasteiger partial charge in [-0.05, 0) is 50.5 Å². The smallest absolute Gasteiger partial charge is 0.243 e. The number of halogens is 2. The molecule has 0 unspecified atom stereocenters. The lowest BCUT2D eigenvalue weighted by molar-refractivity contribution is -0.140. The second-order valence-corrected chi connectivity index (χ2v) is 7.59. The van der Waals surface area contributed by atoms with E-state index in [1.165, 1.54) is 23.1 Å². The van der Waals surface area contributed by atoms with Gasteiger partial charge in [0, 0.05) is 18.3 Å². The van der Waals surface area contributed by atoms with E-state index in [2.05, 4.69) is 5.32 Å². The Balaban J connectivity index is 1.96. The maximum atomic E-state index is 13.5. The lowest BCUT2D eigenvalue weighted by atomic mass is 9.79. The average molecular weight is 389 g/mol. The molecule has 0 saturated carbocycles. The first-order valence-corrected chi connectivity index (χ1v) is 9.33. The molecule has 1 aliphatic heterocycles. The summed E-state index contributed by atoms with van der Waals surface area (Å²) in [4.78, 5) is 27.9. The Hall–Kier alpha value is -2.40. The number of anilines is 1. The Morgan fingerprint density at radius 1 is 1.26 bits per heavy atom. The van der Waals surface area contributed by atoms with Gasteiger partial charge in [0.2, 0.25) is 11.8 Å². The van der Waals surface area contributed by atoms with Crippen molar-refractivity contribution in [2.24, 2.45) is 5.41 Å². The number of carbonyl (C=O) groups is 2. The predicted octanol–water partition coefficient (Wildman–Crippen LogP) is 3.97. The van der Waals surface area contributed by atoms with Gasteiger partial charge in [0.15, 0.2) is 0 Å². The fourth-order valence-electron chi connectivity index (χ4n) is 3.47. The summed E-state index contributed by atoms with van der Waals surface area (Å²) in [5.74, 6) is -1.10. The van der Waals surface area contributed by atoms with Gasteiger partial charge in [-0.2, -0.15) is 0 Å². The maximum absolute atomic E-state index is 13.5. The molecule has 1 N–H and O–H groups in total. The van der Waals surface area contributed by atoms with Crippen LogP contribution < -0.4 is 10.2 Å². The largest absolute Gasteiger partial charge is 0.353 e. The number of hydrogen-bond acceptors (Lipinski definition) is 2. The minimum atomic E-state index is -1.19. The molecule has 0 bridgehead atoms. The fraction of sp³-hybridized carbons (Fsp3) is 0.333. The lowest BCUT2D eigenvalue weighted by Crippen LogP contribution is -2.50. The van der Waals surface area contributed by atoms with Crippen molar-refractivity contribution in [1.82, 2.24) is 5.32 Å². The summed E-state index contributed by atoms with van der Waals surface area (Å²) in [5.41, 5.74) is 0.231. The van der Waals surface area contributed by atoms with Gasteiger partial charge in [0.25, 0.3) is 0 Å². The summed E-state index contributed by atoms with van der Waals surface area (Å²) in [6.07, 6.45) is 0.699. The summed E-state index contributed by atoms with van der Waals surface area (Å²) >= 11 is 5.88. The lowest BCUT2D eigenvalue weighted by Gasteiger charge is -2.28. The molecule has 1 fully saturated rings. The third-order valence-corrected chi connectivity index (χ3v) is 5.12. The number of nitrogens with one attached hydrogen (secondary N) is 1. The maximum Gasteiger partial charge on any atom is 0.243 e. The Labute approximate surface area is 163 Å². The van der Waals surface area contributed by atoms with E-state index in [1.54, 1.807) is 0 Å². The summed E-state index contributed by atoms with van der Waals surface area (Å²) in [6, 6.07) is 13.6. The van der Waals surface area contributed by atoms with Gasteiger partial charge in [0.1, 0.15) is 11.2 Å². The van der Waals surface area contributed by atoms with Crippen LogP contribution in [0.5, 0.6) is 0 Å². The van der Waals surface area contributed by atoms with Crippen molar-refractivity contribution in [3.8, 4) is 0 Å². The van der Waals surface area contributed by atoms with E-state index in [0.717, 1.165) is 5.56 Å². The third kappa shape index (κ3) is 3.83. The topological polar surface area (TPSA) is 49.4 Å². The molecular weight excluding hydrogens is 367 g/mol. The zero-order valence-corrected chi connectivity index (χ0v) is 16.1. The number of rotatable bonds is 5. The first-order valence-electron chi connectivity index (χ1n) is 8.95. The molecule has 4 nitrogen and oxygen atoms in total. The first kappa shape index (κ1) is 19.4. The standard InChI is InChI=1S/C21H22ClFN2O2/c1-14(2)24-19(26)21(13-15-6-4-3-5-7-15)10-11-25(20(21)27)16-8-9-18(23)17(22)12-16/h3-9,12,14H,10-11,13H2,1-2H3,(H,24,26)/t21-/m1/s1.